The first-order valence-corrected chi connectivity index (χ1v) is 9.22. The molecular formula is C16H19ClN2O2S. The smallest absolute Gasteiger partial charge is 0.272 e. The molecule has 0 aliphatic carbocycles. The van der Waals surface area contributed by atoms with Gasteiger partial charge in [0.05, 0.1) is 5.02 Å². The van der Waals surface area contributed by atoms with Gasteiger partial charge in [-0.3, -0.25) is 9.00 Å². The summed E-state index contributed by atoms with van der Waals surface area (Å²) >= 11 is 6.45. The summed E-state index contributed by atoms with van der Waals surface area (Å²) in [6.45, 7) is 0. The molecule has 0 atom stereocenters. The van der Waals surface area contributed by atoms with Crippen molar-refractivity contribution >= 4 is 39.2 Å². The van der Waals surface area contributed by atoms with Crippen LogP contribution in [0, 0.1) is 0 Å². The molecule has 1 saturated heterocycles. The maximum absolute atomic E-state index is 12.9. The topological polar surface area (TPSA) is 42.3 Å². The zero-order valence-corrected chi connectivity index (χ0v) is 14.3. The Morgan fingerprint density at radius 3 is 2.59 bits per heavy atom. The molecule has 1 amide bonds. The number of fused-ring (bicyclic) bond motifs is 1. The normalized spacial score (nSPS) is 22.0. The summed E-state index contributed by atoms with van der Waals surface area (Å²) in [5, 5.41) is 1.41. The van der Waals surface area contributed by atoms with Crippen molar-refractivity contribution in [2.24, 2.45) is 7.05 Å². The second-order valence-corrected chi connectivity index (χ2v) is 7.81. The van der Waals surface area contributed by atoms with Crippen molar-refractivity contribution in [2.45, 2.75) is 18.9 Å². The van der Waals surface area contributed by atoms with E-state index in [0.717, 1.165) is 23.7 Å². The molecule has 2 aromatic rings. The number of para-hydroxylation sites is 1. The van der Waals surface area contributed by atoms with Gasteiger partial charge in [-0.1, -0.05) is 29.8 Å². The Bertz CT molecular complexity index is 707. The zero-order valence-electron chi connectivity index (χ0n) is 12.7. The minimum Gasteiger partial charge on any atom is -0.338 e. The van der Waals surface area contributed by atoms with E-state index in [1.165, 1.54) is 0 Å². The summed E-state index contributed by atoms with van der Waals surface area (Å²) in [7, 11) is 2.96. The Hall–Kier alpha value is -1.33. The first-order valence-electron chi connectivity index (χ1n) is 7.35. The molecule has 0 N–H and O–H groups in total. The molecule has 0 unspecified atom stereocenters. The van der Waals surface area contributed by atoms with Gasteiger partial charge in [-0.2, -0.15) is 0 Å². The summed E-state index contributed by atoms with van der Waals surface area (Å²) in [4.78, 5) is 14.6. The first-order chi connectivity index (χ1) is 10.5. The van der Waals surface area contributed by atoms with E-state index in [1.54, 1.807) is 4.90 Å². The van der Waals surface area contributed by atoms with Crippen LogP contribution in [-0.4, -0.2) is 44.2 Å². The molecule has 4 nitrogen and oxygen atoms in total. The molecule has 1 fully saturated rings. The maximum Gasteiger partial charge on any atom is 0.272 e. The summed E-state index contributed by atoms with van der Waals surface area (Å²) in [6.07, 6.45) is 1.58. The lowest BCUT2D eigenvalue weighted by Gasteiger charge is -2.31. The van der Waals surface area contributed by atoms with E-state index < -0.39 is 10.8 Å². The molecule has 2 heterocycles. The van der Waals surface area contributed by atoms with E-state index in [-0.39, 0.29) is 11.9 Å². The van der Waals surface area contributed by atoms with E-state index >= 15 is 0 Å². The van der Waals surface area contributed by atoms with Gasteiger partial charge in [-0.15, -0.1) is 0 Å². The molecule has 0 bridgehead atoms. The predicted octanol–water partition coefficient (Wildman–Crippen LogP) is 2.81. The van der Waals surface area contributed by atoms with Gasteiger partial charge in [0, 0.05) is 53.3 Å². The van der Waals surface area contributed by atoms with Crippen LogP contribution in [0.4, 0.5) is 0 Å². The van der Waals surface area contributed by atoms with Gasteiger partial charge in [0.25, 0.3) is 5.91 Å². The SMILES string of the molecule is CN(C(=O)c1c(Cl)c2ccccc2n1C)C1CCS(=O)CC1. The molecule has 1 aromatic carbocycles. The van der Waals surface area contributed by atoms with Crippen molar-refractivity contribution in [3.05, 3.63) is 35.0 Å². The maximum atomic E-state index is 12.9. The van der Waals surface area contributed by atoms with Crippen LogP contribution >= 0.6 is 11.6 Å². The van der Waals surface area contributed by atoms with Crippen LogP contribution in [0.5, 0.6) is 0 Å². The Balaban J connectivity index is 1.93. The standard InChI is InChI=1S/C16H19ClN2O2S/c1-18(11-7-9-22(21)10-8-11)16(20)15-14(17)12-5-3-4-6-13(12)19(15)2/h3-6,11H,7-10H2,1-2H3. The van der Waals surface area contributed by atoms with Crippen molar-refractivity contribution in [3.63, 3.8) is 0 Å². The Morgan fingerprint density at radius 1 is 1.32 bits per heavy atom. The largest absolute Gasteiger partial charge is 0.338 e. The minimum absolute atomic E-state index is 0.0682. The fourth-order valence-electron chi connectivity index (χ4n) is 3.09. The van der Waals surface area contributed by atoms with Gasteiger partial charge < -0.3 is 9.47 Å². The van der Waals surface area contributed by atoms with Crippen LogP contribution in [0.3, 0.4) is 0 Å². The van der Waals surface area contributed by atoms with E-state index in [2.05, 4.69) is 0 Å². The van der Waals surface area contributed by atoms with Crippen LogP contribution in [-0.2, 0) is 17.8 Å². The number of rotatable bonds is 2. The molecule has 22 heavy (non-hydrogen) atoms. The van der Waals surface area contributed by atoms with Crippen molar-refractivity contribution in [3.8, 4) is 0 Å². The van der Waals surface area contributed by atoms with Crippen molar-refractivity contribution in [1.82, 2.24) is 9.47 Å². The van der Waals surface area contributed by atoms with E-state index in [1.807, 2.05) is 42.9 Å². The van der Waals surface area contributed by atoms with Gasteiger partial charge in [-0.05, 0) is 18.9 Å². The fraction of sp³-hybridized carbons (Fsp3) is 0.438. The third-order valence-corrected chi connectivity index (χ3v) is 6.24. The number of carbonyl (C=O) groups excluding carboxylic acids is 1. The monoisotopic (exact) mass is 338 g/mol. The second kappa shape index (κ2) is 6.05. The van der Waals surface area contributed by atoms with E-state index in [0.29, 0.717) is 22.2 Å². The van der Waals surface area contributed by atoms with Gasteiger partial charge in [0.2, 0.25) is 0 Å². The number of halogens is 1. The molecule has 118 valence electrons. The van der Waals surface area contributed by atoms with Gasteiger partial charge in [-0.25, -0.2) is 0 Å². The molecule has 0 spiro atoms. The van der Waals surface area contributed by atoms with Crippen molar-refractivity contribution in [2.75, 3.05) is 18.6 Å². The lowest BCUT2D eigenvalue weighted by molar-refractivity contribution is 0.0713. The van der Waals surface area contributed by atoms with Crippen LogP contribution in [0.25, 0.3) is 10.9 Å². The molecule has 1 aliphatic rings. The van der Waals surface area contributed by atoms with Crippen LogP contribution in [0.15, 0.2) is 24.3 Å². The number of aromatic nitrogens is 1. The van der Waals surface area contributed by atoms with Gasteiger partial charge in [0.15, 0.2) is 0 Å². The lowest BCUT2D eigenvalue weighted by atomic mass is 10.1. The molecule has 3 rings (SSSR count). The fourth-order valence-corrected chi connectivity index (χ4v) is 4.73. The van der Waals surface area contributed by atoms with Crippen molar-refractivity contribution < 1.29 is 9.00 Å². The van der Waals surface area contributed by atoms with Gasteiger partial charge >= 0.3 is 0 Å². The highest BCUT2D eigenvalue weighted by molar-refractivity contribution is 7.85. The number of aryl methyl sites for hydroxylation is 1. The van der Waals surface area contributed by atoms with Crippen molar-refractivity contribution in [1.29, 1.82) is 0 Å². The molecular weight excluding hydrogens is 320 g/mol. The van der Waals surface area contributed by atoms with Gasteiger partial charge in [0.1, 0.15) is 5.69 Å². The Labute approximate surface area is 137 Å². The highest BCUT2D eigenvalue weighted by Gasteiger charge is 2.29. The molecule has 0 radical (unpaired) electrons. The third kappa shape index (κ3) is 2.57. The highest BCUT2D eigenvalue weighted by Crippen LogP contribution is 2.31. The molecule has 1 aliphatic heterocycles. The number of nitrogens with zero attached hydrogens (tertiary/aromatic N) is 2. The first kappa shape index (κ1) is 15.6. The van der Waals surface area contributed by atoms with E-state index in [4.69, 9.17) is 11.6 Å². The van der Waals surface area contributed by atoms with Crippen LogP contribution < -0.4 is 0 Å². The summed E-state index contributed by atoms with van der Waals surface area (Å²) < 4.78 is 13.3. The zero-order chi connectivity index (χ0) is 15.9. The molecule has 1 aromatic heterocycles. The lowest BCUT2D eigenvalue weighted by Crippen LogP contribution is -2.41. The summed E-state index contributed by atoms with van der Waals surface area (Å²) in [5.74, 6) is 1.28. The number of carbonyl (C=O) groups is 1. The molecule has 6 heteroatoms. The Morgan fingerprint density at radius 2 is 1.95 bits per heavy atom. The number of benzene rings is 1. The number of hydrogen-bond donors (Lipinski definition) is 0. The minimum atomic E-state index is -0.726. The van der Waals surface area contributed by atoms with Crippen LogP contribution in [0.2, 0.25) is 5.02 Å². The number of hydrogen-bond acceptors (Lipinski definition) is 2. The second-order valence-electron chi connectivity index (χ2n) is 5.73. The predicted molar refractivity (Wildman–Crippen MR) is 90.9 cm³/mol. The Kier molecular flexibility index (Phi) is 4.28. The summed E-state index contributed by atoms with van der Waals surface area (Å²) in [5.41, 5.74) is 1.48. The third-order valence-electron chi connectivity index (χ3n) is 4.47. The highest BCUT2D eigenvalue weighted by atomic mass is 35.5. The average molecular weight is 339 g/mol. The quantitative estimate of drug-likeness (QED) is 0.845. The average Bonchev–Trinajstić information content (AvgIpc) is 2.79. The molecule has 0 saturated carbocycles. The summed E-state index contributed by atoms with van der Waals surface area (Å²) in [6, 6.07) is 7.88. The number of amides is 1. The van der Waals surface area contributed by atoms with E-state index in [9.17, 15) is 9.00 Å². The van der Waals surface area contributed by atoms with Crippen LogP contribution in [0.1, 0.15) is 23.3 Å².